The van der Waals surface area contributed by atoms with Crippen molar-refractivity contribution in [3.63, 3.8) is 0 Å². The topological polar surface area (TPSA) is 29.9 Å². The monoisotopic (exact) mass is 241 g/mol. The lowest BCUT2D eigenvalue weighted by atomic mass is 10.0. The van der Waals surface area contributed by atoms with Crippen molar-refractivity contribution in [2.75, 3.05) is 13.2 Å². The number of nitrogens with zero attached hydrogens (tertiary/aromatic N) is 2. The number of alkyl halides is 1. The predicted molar refractivity (Wildman–Crippen MR) is 69.0 cm³/mol. The fraction of sp³-hybridized carbons (Fsp3) is 0.769. The van der Waals surface area contributed by atoms with Crippen LogP contribution in [0.15, 0.2) is 0 Å². The molecule has 0 radical (unpaired) electrons. The highest BCUT2D eigenvalue weighted by Crippen LogP contribution is 2.24. The average molecular weight is 241 g/mol. The van der Waals surface area contributed by atoms with Crippen LogP contribution in [0.1, 0.15) is 49.7 Å². The van der Waals surface area contributed by atoms with E-state index in [1.807, 2.05) is 11.6 Å². The van der Waals surface area contributed by atoms with E-state index in [1.54, 1.807) is 0 Å². The lowest BCUT2D eigenvalue weighted by molar-refractivity contribution is 0.430. The molecule has 0 fully saturated rings. The van der Waals surface area contributed by atoms with Gasteiger partial charge in [0.2, 0.25) is 0 Å². The van der Waals surface area contributed by atoms with E-state index in [0.29, 0.717) is 19.0 Å². The number of hydrogen-bond donors (Lipinski definition) is 1. The second-order valence-electron chi connectivity index (χ2n) is 4.37. The van der Waals surface area contributed by atoms with Crippen molar-refractivity contribution in [1.29, 1.82) is 0 Å². The molecule has 1 aromatic rings. The fourth-order valence-electron chi connectivity index (χ4n) is 2.34. The quantitative estimate of drug-likeness (QED) is 0.795. The van der Waals surface area contributed by atoms with Gasteiger partial charge in [-0.3, -0.25) is 9.07 Å². The van der Waals surface area contributed by atoms with Crippen molar-refractivity contribution in [2.45, 2.75) is 53.1 Å². The Morgan fingerprint density at radius 3 is 2.59 bits per heavy atom. The highest BCUT2D eigenvalue weighted by Gasteiger charge is 2.18. The van der Waals surface area contributed by atoms with Gasteiger partial charge in [-0.25, -0.2) is 0 Å². The van der Waals surface area contributed by atoms with Gasteiger partial charge in [0.15, 0.2) is 0 Å². The summed E-state index contributed by atoms with van der Waals surface area (Å²) in [7, 11) is 0. The number of rotatable bonds is 7. The third-order valence-corrected chi connectivity index (χ3v) is 3.15. The zero-order valence-electron chi connectivity index (χ0n) is 11.4. The van der Waals surface area contributed by atoms with Crippen LogP contribution in [0.4, 0.5) is 4.39 Å². The Labute approximate surface area is 103 Å². The van der Waals surface area contributed by atoms with Gasteiger partial charge in [-0.1, -0.05) is 13.8 Å². The molecule has 1 heterocycles. The van der Waals surface area contributed by atoms with Crippen LogP contribution in [-0.2, 0) is 6.54 Å². The van der Waals surface area contributed by atoms with Gasteiger partial charge >= 0.3 is 0 Å². The molecule has 1 aromatic heterocycles. The van der Waals surface area contributed by atoms with Crippen molar-refractivity contribution in [1.82, 2.24) is 15.1 Å². The maximum absolute atomic E-state index is 12.2. The molecule has 1 atom stereocenters. The van der Waals surface area contributed by atoms with Crippen LogP contribution < -0.4 is 5.32 Å². The molecular weight excluding hydrogens is 217 g/mol. The van der Waals surface area contributed by atoms with E-state index >= 15 is 0 Å². The minimum atomic E-state index is -0.280. The predicted octanol–water partition coefficient (Wildman–Crippen LogP) is 2.92. The molecule has 1 rings (SSSR count). The standard InChI is InChI=1S/C13H24FN3/c1-5-12(15-6-2)13-10(3)16-17(11(13)4)9-7-8-14/h12,15H,5-9H2,1-4H3. The number of aromatic nitrogens is 2. The molecule has 0 amide bonds. The van der Waals surface area contributed by atoms with Crippen molar-refractivity contribution in [3.8, 4) is 0 Å². The molecule has 0 bridgehead atoms. The first-order valence-electron chi connectivity index (χ1n) is 6.48. The Hall–Kier alpha value is -0.900. The van der Waals surface area contributed by atoms with E-state index in [1.165, 1.54) is 11.3 Å². The van der Waals surface area contributed by atoms with E-state index in [-0.39, 0.29) is 6.67 Å². The zero-order valence-corrected chi connectivity index (χ0v) is 11.4. The zero-order chi connectivity index (χ0) is 12.8. The van der Waals surface area contributed by atoms with Gasteiger partial charge < -0.3 is 5.32 Å². The Balaban J connectivity index is 2.94. The van der Waals surface area contributed by atoms with Crippen LogP contribution in [0.5, 0.6) is 0 Å². The number of hydrogen-bond acceptors (Lipinski definition) is 2. The first-order chi connectivity index (χ1) is 8.15. The summed E-state index contributed by atoms with van der Waals surface area (Å²) in [5, 5.41) is 7.98. The molecule has 0 spiro atoms. The summed E-state index contributed by atoms with van der Waals surface area (Å²) in [6.07, 6.45) is 1.59. The van der Waals surface area contributed by atoms with E-state index in [0.717, 1.165) is 18.7 Å². The molecule has 0 aliphatic heterocycles. The lowest BCUT2D eigenvalue weighted by Crippen LogP contribution is -2.21. The third kappa shape index (κ3) is 3.28. The van der Waals surface area contributed by atoms with E-state index in [2.05, 4.69) is 31.2 Å². The number of halogens is 1. The van der Waals surface area contributed by atoms with E-state index in [9.17, 15) is 4.39 Å². The van der Waals surface area contributed by atoms with Crippen LogP contribution >= 0.6 is 0 Å². The molecule has 98 valence electrons. The number of aryl methyl sites for hydroxylation is 2. The smallest absolute Gasteiger partial charge is 0.0912 e. The van der Waals surface area contributed by atoms with Gasteiger partial charge in [-0.15, -0.1) is 0 Å². The summed E-state index contributed by atoms with van der Waals surface area (Å²) >= 11 is 0. The van der Waals surface area contributed by atoms with Gasteiger partial charge in [-0.05, 0) is 33.2 Å². The van der Waals surface area contributed by atoms with Crippen molar-refractivity contribution in [2.24, 2.45) is 0 Å². The van der Waals surface area contributed by atoms with Crippen LogP contribution in [0.2, 0.25) is 0 Å². The van der Waals surface area contributed by atoms with E-state index in [4.69, 9.17) is 0 Å². The molecule has 1 N–H and O–H groups in total. The van der Waals surface area contributed by atoms with Gasteiger partial charge in [-0.2, -0.15) is 5.10 Å². The van der Waals surface area contributed by atoms with Crippen LogP contribution in [0.3, 0.4) is 0 Å². The van der Waals surface area contributed by atoms with Crippen molar-refractivity contribution < 1.29 is 4.39 Å². The highest BCUT2D eigenvalue weighted by atomic mass is 19.1. The Kier molecular flexibility index (Phi) is 5.62. The second-order valence-corrected chi connectivity index (χ2v) is 4.37. The molecule has 0 aliphatic rings. The largest absolute Gasteiger partial charge is 0.310 e. The molecule has 4 heteroatoms. The molecule has 17 heavy (non-hydrogen) atoms. The van der Waals surface area contributed by atoms with Gasteiger partial charge in [0.25, 0.3) is 0 Å². The lowest BCUT2D eigenvalue weighted by Gasteiger charge is -2.16. The van der Waals surface area contributed by atoms with Gasteiger partial charge in [0, 0.05) is 23.8 Å². The maximum Gasteiger partial charge on any atom is 0.0912 e. The molecule has 0 saturated heterocycles. The first-order valence-corrected chi connectivity index (χ1v) is 6.48. The van der Waals surface area contributed by atoms with Crippen molar-refractivity contribution in [3.05, 3.63) is 17.0 Å². The average Bonchev–Trinajstić information content (AvgIpc) is 2.59. The molecule has 1 unspecified atom stereocenters. The first kappa shape index (κ1) is 14.2. The summed E-state index contributed by atoms with van der Waals surface area (Å²) in [4.78, 5) is 0. The molecule has 3 nitrogen and oxygen atoms in total. The van der Waals surface area contributed by atoms with Crippen LogP contribution in [0.25, 0.3) is 0 Å². The van der Waals surface area contributed by atoms with Crippen molar-refractivity contribution >= 4 is 0 Å². The molecule has 0 aliphatic carbocycles. The van der Waals surface area contributed by atoms with Gasteiger partial charge in [0.1, 0.15) is 0 Å². The maximum atomic E-state index is 12.2. The van der Waals surface area contributed by atoms with Crippen LogP contribution in [-0.4, -0.2) is 23.0 Å². The third-order valence-electron chi connectivity index (χ3n) is 3.15. The van der Waals surface area contributed by atoms with Gasteiger partial charge in [0.05, 0.1) is 12.4 Å². The summed E-state index contributed by atoms with van der Waals surface area (Å²) in [6.45, 7) is 9.74. The van der Waals surface area contributed by atoms with Crippen LogP contribution in [0, 0.1) is 13.8 Å². The Morgan fingerprint density at radius 2 is 2.06 bits per heavy atom. The molecule has 0 saturated carbocycles. The Bertz CT molecular complexity index is 347. The normalized spacial score (nSPS) is 13.0. The summed E-state index contributed by atoms with van der Waals surface area (Å²) in [5.74, 6) is 0. The van der Waals surface area contributed by atoms with E-state index < -0.39 is 0 Å². The highest BCUT2D eigenvalue weighted by molar-refractivity contribution is 5.28. The molecule has 0 aromatic carbocycles. The summed E-state index contributed by atoms with van der Waals surface area (Å²) in [5.41, 5.74) is 3.52. The number of nitrogens with one attached hydrogen (secondary N) is 1. The fourth-order valence-corrected chi connectivity index (χ4v) is 2.34. The minimum Gasteiger partial charge on any atom is -0.310 e. The second kappa shape index (κ2) is 6.74. The summed E-state index contributed by atoms with van der Waals surface area (Å²) < 4.78 is 14.1. The SMILES string of the molecule is CCNC(CC)c1c(C)nn(CCCF)c1C. The molecular formula is C13H24FN3. The minimum absolute atomic E-state index is 0.280. The summed E-state index contributed by atoms with van der Waals surface area (Å²) in [6, 6.07) is 0.360. The Morgan fingerprint density at radius 1 is 1.35 bits per heavy atom.